The third-order valence-corrected chi connectivity index (χ3v) is 9.59. The topological polar surface area (TPSA) is 109 Å². The third-order valence-electron chi connectivity index (χ3n) is 9.59. The number of rotatable bonds is 10. The van der Waals surface area contributed by atoms with E-state index in [4.69, 9.17) is 14.2 Å². The second kappa shape index (κ2) is 12.3. The molecule has 10 heteroatoms. The van der Waals surface area contributed by atoms with Gasteiger partial charge in [-0.1, -0.05) is 31.2 Å². The van der Waals surface area contributed by atoms with E-state index in [2.05, 4.69) is 0 Å². The first-order valence-electron chi connectivity index (χ1n) is 15.8. The van der Waals surface area contributed by atoms with Crippen molar-refractivity contribution < 1.29 is 33.7 Å². The second-order valence-electron chi connectivity index (χ2n) is 11.9. The number of unbranched alkanes of at least 4 members (excludes halogenated alkanes) is 1. The average molecular weight is 616 g/mol. The number of hydrogen-bond donors (Lipinski definition) is 1. The van der Waals surface area contributed by atoms with E-state index in [1.807, 2.05) is 74.5 Å². The van der Waals surface area contributed by atoms with Crippen LogP contribution in [0.5, 0.6) is 11.5 Å². The van der Waals surface area contributed by atoms with Gasteiger partial charge in [-0.2, -0.15) is 0 Å². The molecule has 0 aliphatic carbocycles. The first-order valence-corrected chi connectivity index (χ1v) is 15.8. The van der Waals surface area contributed by atoms with Crippen LogP contribution < -0.4 is 19.3 Å². The lowest BCUT2D eigenvalue weighted by Gasteiger charge is -2.38. The molecule has 45 heavy (non-hydrogen) atoms. The Balaban J connectivity index is 1.43. The van der Waals surface area contributed by atoms with Crippen LogP contribution in [0.25, 0.3) is 0 Å². The molecule has 1 spiro atoms. The molecule has 4 aliphatic heterocycles. The number of carbonyl (C=O) groups is 3. The number of aliphatic hydroxyl groups is 1. The molecule has 5 atom stereocenters. The van der Waals surface area contributed by atoms with Crippen molar-refractivity contribution in [2.24, 2.45) is 11.8 Å². The van der Waals surface area contributed by atoms with Crippen molar-refractivity contribution in [1.29, 1.82) is 0 Å². The Hall–Kier alpha value is -4.15. The number of nitrogens with zero attached hydrogens (tertiary/aromatic N) is 3. The molecule has 10 nitrogen and oxygen atoms in total. The summed E-state index contributed by atoms with van der Waals surface area (Å²) in [6, 6.07) is 13.6. The van der Waals surface area contributed by atoms with Gasteiger partial charge in [0, 0.05) is 37.6 Å². The Kier molecular flexibility index (Phi) is 8.45. The maximum atomic E-state index is 14.7. The van der Waals surface area contributed by atoms with Crippen LogP contribution in [0.3, 0.4) is 0 Å². The van der Waals surface area contributed by atoms with Crippen molar-refractivity contribution in [3.05, 3.63) is 72.8 Å². The lowest BCUT2D eigenvalue weighted by atomic mass is 9.73. The molecule has 1 unspecified atom stereocenters. The number of methoxy groups -OCH3 is 1. The minimum absolute atomic E-state index is 0.0223. The van der Waals surface area contributed by atoms with Crippen molar-refractivity contribution in [1.82, 2.24) is 4.90 Å². The predicted octanol–water partition coefficient (Wildman–Crippen LogP) is 3.73. The fraction of sp³-hybridized carbons (Fsp3) is 0.457. The molecule has 2 fully saturated rings. The highest BCUT2D eigenvalue weighted by molar-refractivity contribution is 6.07. The minimum Gasteiger partial charge on any atom is -0.497 e. The molecule has 6 rings (SSSR count). The maximum absolute atomic E-state index is 14.7. The molecular formula is C35H41N3O7. The van der Waals surface area contributed by atoms with E-state index in [0.29, 0.717) is 55.3 Å². The van der Waals surface area contributed by atoms with E-state index in [9.17, 15) is 19.5 Å². The molecular weight excluding hydrogens is 574 g/mol. The summed E-state index contributed by atoms with van der Waals surface area (Å²) in [6.07, 6.45) is 9.05. The average Bonchev–Trinajstić information content (AvgIpc) is 3.34. The predicted molar refractivity (Wildman–Crippen MR) is 169 cm³/mol. The van der Waals surface area contributed by atoms with Crippen LogP contribution in [-0.4, -0.2) is 84.9 Å². The van der Waals surface area contributed by atoms with Gasteiger partial charge in [-0.25, -0.2) is 0 Å². The van der Waals surface area contributed by atoms with Gasteiger partial charge >= 0.3 is 0 Å². The number of benzene rings is 2. The number of hydrogen-bond acceptors (Lipinski definition) is 7. The Bertz CT molecular complexity index is 1490. The summed E-state index contributed by atoms with van der Waals surface area (Å²) < 4.78 is 18.0. The fourth-order valence-corrected chi connectivity index (χ4v) is 7.51. The monoisotopic (exact) mass is 615 g/mol. The van der Waals surface area contributed by atoms with Crippen molar-refractivity contribution in [2.75, 3.05) is 49.8 Å². The molecule has 238 valence electrons. The smallest absolute Gasteiger partial charge is 0.253 e. The molecule has 2 saturated heterocycles. The SMILES string of the molecule is CCOc1ccc(N2CC=C[C@]3(CC)O[C@]45C=CCN(c6ccc(OC)cc6)C(=O)C4N(CCCCO)C(=O)[C@@H]5[C@@H]3C2=O)cc1. The molecule has 3 amide bonds. The van der Waals surface area contributed by atoms with Crippen molar-refractivity contribution in [3.8, 4) is 11.5 Å². The normalized spacial score (nSPS) is 28.9. The number of aliphatic hydroxyl groups excluding tert-OH is 1. The molecule has 0 bridgehead atoms. The first-order chi connectivity index (χ1) is 21.8. The molecule has 1 N–H and O–H groups in total. The summed E-state index contributed by atoms with van der Waals surface area (Å²) in [6.45, 7) is 5.26. The van der Waals surface area contributed by atoms with E-state index in [-0.39, 0.29) is 37.4 Å². The Morgan fingerprint density at radius 1 is 0.822 bits per heavy atom. The number of fused-ring (bicyclic) bond motifs is 2. The summed E-state index contributed by atoms with van der Waals surface area (Å²) in [7, 11) is 1.59. The molecule has 0 radical (unpaired) electrons. The standard InChI is InChI=1S/C35H41N3O7/c1-4-34-18-8-21-36(24-12-16-27(17-13-24)44-5-2)31(40)28(34)29-32(41)38(20-6-7-23-39)30-33(42)37(22-9-19-35(29,30)45-34)25-10-14-26(43-3)15-11-25/h8-19,28-30,39H,4-7,20-23H2,1-3H3/t28-,29+,30?,34+,35+/m1/s1. The van der Waals surface area contributed by atoms with Crippen LogP contribution in [0.15, 0.2) is 72.8 Å². The first kappa shape index (κ1) is 30.9. The summed E-state index contributed by atoms with van der Waals surface area (Å²) in [5, 5.41) is 9.51. The van der Waals surface area contributed by atoms with Crippen molar-refractivity contribution in [2.45, 2.75) is 50.4 Å². The summed E-state index contributed by atoms with van der Waals surface area (Å²) in [5.41, 5.74) is -1.06. The van der Waals surface area contributed by atoms with Crippen LogP contribution in [0, 0.1) is 11.8 Å². The highest BCUT2D eigenvalue weighted by atomic mass is 16.5. The quantitative estimate of drug-likeness (QED) is 0.321. The van der Waals surface area contributed by atoms with Crippen molar-refractivity contribution >= 4 is 29.1 Å². The van der Waals surface area contributed by atoms with E-state index >= 15 is 0 Å². The van der Waals surface area contributed by atoms with Crippen LogP contribution >= 0.6 is 0 Å². The second-order valence-corrected chi connectivity index (χ2v) is 11.9. The highest BCUT2D eigenvalue weighted by Gasteiger charge is 2.75. The van der Waals surface area contributed by atoms with Gasteiger partial charge in [-0.15, -0.1) is 0 Å². The Morgan fingerprint density at radius 3 is 2.04 bits per heavy atom. The molecule has 4 heterocycles. The fourth-order valence-electron chi connectivity index (χ4n) is 7.51. The molecule has 2 aromatic carbocycles. The van der Waals surface area contributed by atoms with Crippen LogP contribution in [0.2, 0.25) is 0 Å². The zero-order chi connectivity index (χ0) is 31.8. The van der Waals surface area contributed by atoms with Gasteiger partial charge in [0.1, 0.15) is 23.1 Å². The molecule has 0 aromatic heterocycles. The molecule has 4 aliphatic rings. The third kappa shape index (κ3) is 5.00. The zero-order valence-corrected chi connectivity index (χ0v) is 26.1. The number of ether oxygens (including phenoxy) is 3. The lowest BCUT2D eigenvalue weighted by Crippen LogP contribution is -2.56. The highest BCUT2D eigenvalue weighted by Crippen LogP contribution is 2.59. The van der Waals surface area contributed by atoms with Crippen LogP contribution in [-0.2, 0) is 19.1 Å². The number of likely N-dealkylation sites (tertiary alicyclic amines) is 1. The zero-order valence-electron chi connectivity index (χ0n) is 26.1. The summed E-state index contributed by atoms with van der Waals surface area (Å²) >= 11 is 0. The van der Waals surface area contributed by atoms with E-state index in [1.165, 1.54) is 0 Å². The number of anilines is 2. The van der Waals surface area contributed by atoms with Crippen molar-refractivity contribution in [3.63, 3.8) is 0 Å². The van der Waals surface area contributed by atoms with Gasteiger partial charge in [0.05, 0.1) is 31.2 Å². The lowest BCUT2D eigenvalue weighted by molar-refractivity contribution is -0.145. The minimum atomic E-state index is -1.35. The van der Waals surface area contributed by atoms with E-state index in [0.717, 1.165) is 0 Å². The number of amides is 3. The van der Waals surface area contributed by atoms with Gasteiger partial charge in [0.15, 0.2) is 0 Å². The van der Waals surface area contributed by atoms with Gasteiger partial charge in [0.2, 0.25) is 11.8 Å². The van der Waals surface area contributed by atoms with Crippen LogP contribution in [0.4, 0.5) is 11.4 Å². The van der Waals surface area contributed by atoms with Crippen LogP contribution in [0.1, 0.15) is 33.1 Å². The number of carbonyl (C=O) groups excluding carboxylic acids is 3. The van der Waals surface area contributed by atoms with Gasteiger partial charge in [-0.05, 0) is 74.7 Å². The Morgan fingerprint density at radius 2 is 1.44 bits per heavy atom. The van der Waals surface area contributed by atoms with E-state index < -0.39 is 29.1 Å². The molecule has 0 saturated carbocycles. The Labute approximate surface area is 263 Å². The largest absolute Gasteiger partial charge is 0.497 e. The van der Waals surface area contributed by atoms with Gasteiger partial charge < -0.3 is 34.0 Å². The summed E-state index contributed by atoms with van der Waals surface area (Å²) in [5.74, 6) is -1.14. The summed E-state index contributed by atoms with van der Waals surface area (Å²) in [4.78, 5) is 48.9. The van der Waals surface area contributed by atoms with Gasteiger partial charge in [0.25, 0.3) is 5.91 Å². The van der Waals surface area contributed by atoms with Gasteiger partial charge in [-0.3, -0.25) is 14.4 Å². The van der Waals surface area contributed by atoms with E-state index in [1.54, 1.807) is 33.9 Å². The maximum Gasteiger partial charge on any atom is 0.253 e. The molecule has 2 aromatic rings.